The van der Waals surface area contributed by atoms with E-state index in [-0.39, 0.29) is 0 Å². The summed E-state index contributed by atoms with van der Waals surface area (Å²) in [5, 5.41) is 4.72. The van der Waals surface area contributed by atoms with Gasteiger partial charge in [-0.1, -0.05) is 31.4 Å². The van der Waals surface area contributed by atoms with Crippen molar-refractivity contribution in [1.29, 1.82) is 0 Å². The Morgan fingerprint density at radius 3 is 2.39 bits per heavy atom. The van der Waals surface area contributed by atoms with Gasteiger partial charge in [-0.3, -0.25) is 4.90 Å². The van der Waals surface area contributed by atoms with E-state index in [4.69, 9.17) is 17.3 Å². The van der Waals surface area contributed by atoms with Crippen molar-refractivity contribution >= 4 is 22.2 Å². The van der Waals surface area contributed by atoms with Crippen LogP contribution in [-0.4, -0.2) is 58.1 Å². The van der Waals surface area contributed by atoms with Crippen LogP contribution in [0.2, 0.25) is 0 Å². The fourth-order valence-corrected chi connectivity index (χ4v) is 6.92. The summed E-state index contributed by atoms with van der Waals surface area (Å²) in [6.45, 7) is 8.72. The Bertz CT molecular complexity index is 1090. The number of rotatable bonds is 5. The molecule has 2 aromatic rings. The van der Waals surface area contributed by atoms with Crippen LogP contribution in [0.3, 0.4) is 0 Å². The third-order valence-electron chi connectivity index (χ3n) is 6.61. The van der Waals surface area contributed by atoms with Crippen LogP contribution in [0.1, 0.15) is 55.1 Å². The van der Waals surface area contributed by atoms with Gasteiger partial charge in [0.05, 0.1) is 11.6 Å². The molecule has 0 N–H and O–H groups in total. The molecule has 1 aliphatic heterocycles. The lowest BCUT2D eigenvalue weighted by molar-refractivity contribution is 0.144. The van der Waals surface area contributed by atoms with Crippen molar-refractivity contribution in [2.24, 2.45) is 0 Å². The number of aryl methyl sites for hydroxylation is 3. The molecule has 0 unspecified atom stereocenters. The van der Waals surface area contributed by atoms with Crippen LogP contribution in [0.4, 0.5) is 0 Å². The molecule has 0 radical (unpaired) electrons. The number of nitrogens with zero attached hydrogens (tertiary/aromatic N) is 5. The number of aromatic nitrogens is 3. The molecule has 1 aromatic carbocycles. The molecule has 1 saturated heterocycles. The first-order valence-corrected chi connectivity index (χ1v) is 13.1. The van der Waals surface area contributed by atoms with E-state index in [1.165, 1.54) is 32.1 Å². The van der Waals surface area contributed by atoms with Gasteiger partial charge >= 0.3 is 0 Å². The summed E-state index contributed by atoms with van der Waals surface area (Å²) < 4.78 is 32.9. The Morgan fingerprint density at radius 2 is 1.71 bits per heavy atom. The lowest BCUT2D eigenvalue weighted by atomic mass is 9.95. The van der Waals surface area contributed by atoms with Crippen LogP contribution >= 0.6 is 12.2 Å². The monoisotopic (exact) mass is 463 g/mol. The molecule has 170 valence electrons. The van der Waals surface area contributed by atoms with E-state index in [1.807, 2.05) is 37.6 Å². The van der Waals surface area contributed by atoms with Gasteiger partial charge in [-0.25, -0.2) is 13.1 Å². The summed E-state index contributed by atoms with van der Waals surface area (Å²) in [4.78, 5) is 2.66. The predicted octanol–water partition coefficient (Wildman–Crippen LogP) is 3.81. The second-order valence-corrected chi connectivity index (χ2v) is 11.2. The lowest BCUT2D eigenvalue weighted by Gasteiger charge is -2.34. The smallest absolute Gasteiger partial charge is 0.243 e. The number of benzene rings is 1. The van der Waals surface area contributed by atoms with Gasteiger partial charge in [-0.2, -0.15) is 9.40 Å². The Hall–Kier alpha value is -1.55. The van der Waals surface area contributed by atoms with E-state index >= 15 is 0 Å². The van der Waals surface area contributed by atoms with E-state index in [1.54, 1.807) is 10.4 Å². The van der Waals surface area contributed by atoms with Gasteiger partial charge in [0.25, 0.3) is 0 Å². The normalized spacial score (nSPS) is 19.7. The Balaban J connectivity index is 1.43. The Labute approximate surface area is 190 Å². The van der Waals surface area contributed by atoms with E-state index in [0.29, 0.717) is 43.8 Å². The van der Waals surface area contributed by atoms with Gasteiger partial charge in [-0.15, -0.1) is 0 Å². The maximum absolute atomic E-state index is 13.2. The second kappa shape index (κ2) is 9.13. The largest absolute Gasteiger partial charge is 0.301 e. The highest BCUT2D eigenvalue weighted by atomic mass is 32.2. The van der Waals surface area contributed by atoms with Gasteiger partial charge in [0.15, 0.2) is 4.77 Å². The molecule has 0 bridgehead atoms. The quantitative estimate of drug-likeness (QED) is 0.631. The predicted molar refractivity (Wildman–Crippen MR) is 124 cm³/mol. The first-order chi connectivity index (χ1) is 14.8. The number of hydrogen-bond acceptors (Lipinski definition) is 5. The van der Waals surface area contributed by atoms with Gasteiger partial charge in [0.1, 0.15) is 5.82 Å². The van der Waals surface area contributed by atoms with Crippen molar-refractivity contribution in [1.82, 2.24) is 23.6 Å². The summed E-state index contributed by atoms with van der Waals surface area (Å²) in [5.41, 5.74) is 1.75. The maximum Gasteiger partial charge on any atom is 0.243 e. The van der Waals surface area contributed by atoms with Crippen molar-refractivity contribution in [3.63, 3.8) is 0 Å². The molecule has 9 heteroatoms. The summed E-state index contributed by atoms with van der Waals surface area (Å²) >= 11 is 5.77. The van der Waals surface area contributed by atoms with Crippen LogP contribution in [-0.2, 0) is 16.7 Å². The molecule has 0 spiro atoms. The first-order valence-electron chi connectivity index (χ1n) is 11.2. The summed E-state index contributed by atoms with van der Waals surface area (Å²) in [5.74, 6) is 0.980. The molecule has 2 heterocycles. The molecule has 1 aromatic heterocycles. The van der Waals surface area contributed by atoms with Crippen LogP contribution in [0.15, 0.2) is 23.1 Å². The van der Waals surface area contributed by atoms with Crippen molar-refractivity contribution < 1.29 is 8.42 Å². The third-order valence-corrected chi connectivity index (χ3v) is 9.06. The first kappa shape index (κ1) is 22.6. The van der Waals surface area contributed by atoms with E-state index < -0.39 is 10.0 Å². The molecule has 31 heavy (non-hydrogen) atoms. The third kappa shape index (κ3) is 4.65. The molecule has 1 saturated carbocycles. The van der Waals surface area contributed by atoms with E-state index in [9.17, 15) is 8.42 Å². The SMILES string of the molecule is Cc1ccc(C)c(S(=O)(=O)N2CCN(Cn3nc(C)n(C4CCCCC4)c3=S)CC2)c1. The fourth-order valence-electron chi connectivity index (χ4n) is 4.81. The Morgan fingerprint density at radius 1 is 1.03 bits per heavy atom. The number of sulfonamides is 1. The summed E-state index contributed by atoms with van der Waals surface area (Å²) in [6.07, 6.45) is 6.18. The highest BCUT2D eigenvalue weighted by molar-refractivity contribution is 7.89. The summed E-state index contributed by atoms with van der Waals surface area (Å²) in [6, 6.07) is 6.07. The van der Waals surface area contributed by atoms with Crippen molar-refractivity contribution in [2.45, 2.75) is 70.5 Å². The lowest BCUT2D eigenvalue weighted by Crippen LogP contribution is -2.49. The van der Waals surface area contributed by atoms with Crippen molar-refractivity contribution in [2.75, 3.05) is 26.2 Å². The zero-order valence-corrected chi connectivity index (χ0v) is 20.4. The number of piperazine rings is 1. The minimum absolute atomic E-state index is 0.421. The van der Waals surface area contributed by atoms with E-state index in [0.717, 1.165) is 21.7 Å². The minimum atomic E-state index is -3.48. The molecular weight excluding hydrogens is 430 g/mol. The molecule has 0 amide bonds. The van der Waals surface area contributed by atoms with Crippen LogP contribution in [0.25, 0.3) is 0 Å². The van der Waals surface area contributed by atoms with Crippen LogP contribution in [0, 0.1) is 25.5 Å². The van der Waals surface area contributed by atoms with Crippen molar-refractivity contribution in [3.05, 3.63) is 39.9 Å². The zero-order chi connectivity index (χ0) is 22.2. The average molecular weight is 464 g/mol. The van der Waals surface area contributed by atoms with Gasteiger partial charge < -0.3 is 4.57 Å². The summed E-state index contributed by atoms with van der Waals surface area (Å²) in [7, 11) is -3.48. The van der Waals surface area contributed by atoms with Crippen LogP contribution in [0.5, 0.6) is 0 Å². The zero-order valence-electron chi connectivity index (χ0n) is 18.7. The number of hydrogen-bond donors (Lipinski definition) is 0. The highest BCUT2D eigenvalue weighted by Gasteiger charge is 2.30. The van der Waals surface area contributed by atoms with Gasteiger partial charge in [0.2, 0.25) is 10.0 Å². The minimum Gasteiger partial charge on any atom is -0.301 e. The Kier molecular flexibility index (Phi) is 6.67. The second-order valence-electron chi connectivity index (χ2n) is 8.92. The molecule has 1 aliphatic carbocycles. The molecule has 0 atom stereocenters. The molecule has 2 aliphatic rings. The van der Waals surface area contributed by atoms with Gasteiger partial charge in [-0.05, 0) is 63.0 Å². The van der Waals surface area contributed by atoms with Crippen molar-refractivity contribution in [3.8, 4) is 0 Å². The molecule has 2 fully saturated rings. The van der Waals surface area contributed by atoms with Gasteiger partial charge in [0, 0.05) is 32.2 Å². The topological polar surface area (TPSA) is 63.4 Å². The molecule has 4 rings (SSSR count). The molecular formula is C22H33N5O2S2. The standard InChI is InChI=1S/C22H33N5O2S2/c1-17-9-10-18(2)21(15-17)31(28,29)25-13-11-24(12-14-25)16-26-22(30)27(19(3)23-26)20-7-5-4-6-8-20/h9-10,15,20H,4-8,11-14,16H2,1-3H3. The maximum atomic E-state index is 13.2. The fraction of sp³-hybridized carbons (Fsp3) is 0.636. The van der Waals surface area contributed by atoms with E-state index in [2.05, 4.69) is 9.47 Å². The highest BCUT2D eigenvalue weighted by Crippen LogP contribution is 2.29. The average Bonchev–Trinajstić information content (AvgIpc) is 3.03. The molecule has 7 nitrogen and oxygen atoms in total. The van der Waals surface area contributed by atoms with Crippen LogP contribution < -0.4 is 0 Å².